The summed E-state index contributed by atoms with van der Waals surface area (Å²) in [6.45, 7) is 5.08. The third-order valence-electron chi connectivity index (χ3n) is 5.80. The van der Waals surface area contributed by atoms with Crippen molar-refractivity contribution in [3.63, 3.8) is 0 Å². The summed E-state index contributed by atoms with van der Waals surface area (Å²) < 4.78 is 50.5. The van der Waals surface area contributed by atoms with Crippen LogP contribution >= 0.6 is 0 Å². The number of hydrogen-bond acceptors (Lipinski definition) is 7. The van der Waals surface area contributed by atoms with Crippen molar-refractivity contribution >= 4 is 18.0 Å². The van der Waals surface area contributed by atoms with E-state index in [2.05, 4.69) is 9.88 Å². The summed E-state index contributed by atoms with van der Waals surface area (Å²) >= 11 is 0. The molecule has 0 bridgehead atoms. The molecule has 2 aliphatic rings. The normalized spacial score (nSPS) is 20.6. The number of nitro groups is 1. The highest BCUT2D eigenvalue weighted by molar-refractivity contribution is 5.68. The van der Waals surface area contributed by atoms with Crippen LogP contribution in [0, 0.1) is 10.1 Å². The van der Waals surface area contributed by atoms with Gasteiger partial charge in [-0.2, -0.15) is 13.2 Å². The van der Waals surface area contributed by atoms with Crippen LogP contribution in [0.25, 0.3) is 6.08 Å². The predicted molar refractivity (Wildman–Crippen MR) is 118 cm³/mol. The number of carbonyl (C=O) groups excluding carboxylic acids is 1. The number of alkyl halides is 3. The van der Waals surface area contributed by atoms with Gasteiger partial charge in [-0.3, -0.25) is 9.47 Å². The lowest BCUT2D eigenvalue weighted by Crippen LogP contribution is -2.54. The quantitative estimate of drug-likeness (QED) is 0.447. The van der Waals surface area contributed by atoms with Gasteiger partial charge in [0.2, 0.25) is 0 Å². The maximum Gasteiger partial charge on any atom is 0.416 e. The Morgan fingerprint density at radius 3 is 2.54 bits per heavy atom. The highest BCUT2D eigenvalue weighted by Gasteiger charge is 2.42. The number of piperazine rings is 1. The van der Waals surface area contributed by atoms with Gasteiger partial charge in [0.15, 0.2) is 0 Å². The monoisotopic (exact) mass is 495 g/mol. The molecule has 1 aromatic heterocycles. The molecule has 2 aromatic rings. The van der Waals surface area contributed by atoms with E-state index in [0.717, 1.165) is 12.1 Å². The number of halogens is 3. The number of fused-ring (bicyclic) bond motifs is 1. The van der Waals surface area contributed by atoms with E-state index in [0.29, 0.717) is 44.8 Å². The maximum atomic E-state index is 12.6. The van der Waals surface area contributed by atoms with Gasteiger partial charge in [0.05, 0.1) is 12.1 Å². The van der Waals surface area contributed by atoms with Crippen molar-refractivity contribution in [2.24, 2.45) is 0 Å². The van der Waals surface area contributed by atoms with E-state index >= 15 is 0 Å². The molecule has 2 aliphatic heterocycles. The lowest BCUT2D eigenvalue weighted by molar-refractivity contribution is -0.389. The summed E-state index contributed by atoms with van der Waals surface area (Å²) in [4.78, 5) is 30.2. The molecule has 188 valence electrons. The fourth-order valence-corrected chi connectivity index (χ4v) is 4.10. The first-order valence-electron chi connectivity index (χ1n) is 10.9. The summed E-state index contributed by atoms with van der Waals surface area (Å²) in [5, 5.41) is 10.8. The highest BCUT2D eigenvalue weighted by atomic mass is 19.4. The minimum absolute atomic E-state index is 0.00355. The molecule has 10 nitrogen and oxygen atoms in total. The van der Waals surface area contributed by atoms with Crippen molar-refractivity contribution in [2.45, 2.75) is 25.2 Å². The number of amides is 1. The van der Waals surface area contributed by atoms with E-state index in [1.165, 1.54) is 18.3 Å². The lowest BCUT2D eigenvalue weighted by atomic mass is 10.1. The standard InChI is InChI=1S/C22H24F3N5O5/c1-21(15-29-13-18(30(32)33)26-19(29)35-21)14-27-8-10-28(11-9-27)20(31)34-12-2-3-16-4-6-17(7-5-16)22(23,24)25/h2-7,13H,8-12,14-15H2,1H3/b3-2+. The molecule has 0 spiro atoms. The zero-order valence-corrected chi connectivity index (χ0v) is 18.9. The van der Waals surface area contributed by atoms with Crippen LogP contribution in [-0.2, 0) is 17.5 Å². The Labute approximate surface area is 198 Å². The van der Waals surface area contributed by atoms with Crippen molar-refractivity contribution in [3.05, 3.63) is 57.8 Å². The second kappa shape index (κ2) is 9.56. The summed E-state index contributed by atoms with van der Waals surface area (Å²) in [5.74, 6) is -0.247. The number of imidazole rings is 1. The van der Waals surface area contributed by atoms with Gasteiger partial charge < -0.3 is 24.5 Å². The van der Waals surface area contributed by atoms with Crippen molar-refractivity contribution in [2.75, 3.05) is 39.3 Å². The lowest BCUT2D eigenvalue weighted by Gasteiger charge is -2.37. The first kappa shape index (κ1) is 24.5. The number of aromatic nitrogens is 2. The molecule has 0 radical (unpaired) electrons. The molecule has 1 amide bonds. The molecule has 3 heterocycles. The van der Waals surface area contributed by atoms with Crippen LogP contribution in [0.15, 0.2) is 36.5 Å². The molecule has 0 aliphatic carbocycles. The summed E-state index contributed by atoms with van der Waals surface area (Å²) in [5.41, 5.74) is -0.728. The fraction of sp³-hybridized carbons (Fsp3) is 0.455. The number of hydrogen-bond donors (Lipinski definition) is 0. The maximum absolute atomic E-state index is 12.6. The Bertz CT molecular complexity index is 1080. The zero-order valence-electron chi connectivity index (χ0n) is 18.9. The molecule has 4 rings (SSSR count). The van der Waals surface area contributed by atoms with Crippen molar-refractivity contribution < 1.29 is 32.4 Å². The van der Waals surface area contributed by atoms with Crippen LogP contribution in [0.2, 0.25) is 0 Å². The molecule has 0 saturated carbocycles. The first-order chi connectivity index (χ1) is 16.5. The van der Waals surface area contributed by atoms with Crippen LogP contribution in [0.4, 0.5) is 23.8 Å². The van der Waals surface area contributed by atoms with Crippen LogP contribution < -0.4 is 4.74 Å². The molecule has 13 heteroatoms. The van der Waals surface area contributed by atoms with E-state index in [9.17, 15) is 28.1 Å². The largest absolute Gasteiger partial charge is 0.445 e. The number of ether oxygens (including phenoxy) is 2. The van der Waals surface area contributed by atoms with E-state index < -0.39 is 28.4 Å². The SMILES string of the molecule is CC1(CN2CCN(C(=O)OC/C=C/c3ccc(C(F)(F)F)cc3)CC2)Cn2cc([N+](=O)[O-])nc2O1. The van der Waals surface area contributed by atoms with E-state index in [1.807, 2.05) is 6.92 Å². The number of nitrogens with zero attached hydrogens (tertiary/aromatic N) is 5. The molecule has 1 atom stereocenters. The van der Waals surface area contributed by atoms with Gasteiger partial charge in [-0.05, 0) is 35.6 Å². The van der Waals surface area contributed by atoms with E-state index in [4.69, 9.17) is 9.47 Å². The fourth-order valence-electron chi connectivity index (χ4n) is 4.10. The van der Waals surface area contributed by atoms with Gasteiger partial charge in [0.25, 0.3) is 0 Å². The first-order valence-corrected chi connectivity index (χ1v) is 10.9. The van der Waals surface area contributed by atoms with Gasteiger partial charge in [-0.15, -0.1) is 0 Å². The Balaban J connectivity index is 1.18. The number of rotatable bonds is 6. The molecule has 1 saturated heterocycles. The predicted octanol–water partition coefficient (Wildman–Crippen LogP) is 3.43. The zero-order chi connectivity index (χ0) is 25.2. The van der Waals surface area contributed by atoms with Crippen molar-refractivity contribution in [1.29, 1.82) is 0 Å². The molecule has 35 heavy (non-hydrogen) atoms. The average Bonchev–Trinajstić information content (AvgIpc) is 3.32. The van der Waals surface area contributed by atoms with Crippen molar-refractivity contribution in [1.82, 2.24) is 19.4 Å². The topological polar surface area (TPSA) is 103 Å². The molecular weight excluding hydrogens is 471 g/mol. The van der Waals surface area contributed by atoms with Crippen LogP contribution in [-0.4, -0.2) is 75.3 Å². The molecule has 1 unspecified atom stereocenters. The Hall–Kier alpha value is -3.61. The second-order valence-corrected chi connectivity index (χ2v) is 8.68. The smallest absolute Gasteiger partial charge is 0.416 e. The molecular formula is C22H24F3N5O5. The van der Waals surface area contributed by atoms with Gasteiger partial charge in [-0.1, -0.05) is 18.2 Å². The van der Waals surface area contributed by atoms with Gasteiger partial charge in [0, 0.05) is 37.7 Å². The van der Waals surface area contributed by atoms with Gasteiger partial charge in [-0.25, -0.2) is 4.79 Å². The number of carbonyl (C=O) groups is 1. The van der Waals surface area contributed by atoms with Crippen molar-refractivity contribution in [3.8, 4) is 6.01 Å². The third-order valence-corrected chi connectivity index (χ3v) is 5.80. The summed E-state index contributed by atoms with van der Waals surface area (Å²) in [6.07, 6.45) is -0.316. The summed E-state index contributed by atoms with van der Waals surface area (Å²) in [6, 6.07) is 4.93. The van der Waals surface area contributed by atoms with Crippen LogP contribution in [0.1, 0.15) is 18.1 Å². The van der Waals surface area contributed by atoms with E-state index in [1.54, 1.807) is 21.6 Å². The van der Waals surface area contributed by atoms with Gasteiger partial charge >= 0.3 is 24.1 Å². The minimum Gasteiger partial charge on any atom is -0.445 e. The van der Waals surface area contributed by atoms with Crippen LogP contribution in [0.5, 0.6) is 6.01 Å². The Kier molecular flexibility index (Phi) is 6.70. The molecule has 1 fully saturated rings. The Morgan fingerprint density at radius 1 is 1.26 bits per heavy atom. The second-order valence-electron chi connectivity index (χ2n) is 8.68. The minimum atomic E-state index is -4.38. The number of benzene rings is 1. The third kappa shape index (κ3) is 5.91. The summed E-state index contributed by atoms with van der Waals surface area (Å²) in [7, 11) is 0. The molecule has 0 N–H and O–H groups in total. The molecule has 1 aromatic carbocycles. The van der Waals surface area contributed by atoms with Gasteiger partial charge in [0.1, 0.15) is 18.4 Å². The van der Waals surface area contributed by atoms with E-state index in [-0.39, 0.29) is 18.4 Å². The highest BCUT2D eigenvalue weighted by Crippen LogP contribution is 2.32. The average molecular weight is 495 g/mol. The van der Waals surface area contributed by atoms with Crippen LogP contribution in [0.3, 0.4) is 0 Å². The Morgan fingerprint density at radius 2 is 1.94 bits per heavy atom.